The van der Waals surface area contributed by atoms with Crippen LogP contribution in [0.1, 0.15) is 12.5 Å². The number of hydrogen-bond donors (Lipinski definition) is 2. The number of hydrogen-bond acceptors (Lipinski definition) is 5. The largest absolute Gasteiger partial charge is 0.350 e. The van der Waals surface area contributed by atoms with E-state index in [-0.39, 0.29) is 6.23 Å². The molecule has 3 rings (SSSR count). The lowest BCUT2D eigenvalue weighted by atomic mass is 9.92. The maximum atomic E-state index is 5.93. The first-order chi connectivity index (χ1) is 9.67. The summed E-state index contributed by atoms with van der Waals surface area (Å²) in [5.74, 6) is 0. The van der Waals surface area contributed by atoms with E-state index in [1.165, 1.54) is 6.33 Å². The Morgan fingerprint density at radius 1 is 1.30 bits per heavy atom. The summed E-state index contributed by atoms with van der Waals surface area (Å²) >= 11 is 0. The molecule has 104 valence electrons. The minimum Gasteiger partial charge on any atom is -0.350 e. The van der Waals surface area contributed by atoms with Crippen LogP contribution in [0.15, 0.2) is 43.0 Å². The number of benzene rings is 1. The zero-order valence-electron chi connectivity index (χ0n) is 11.4. The molecule has 0 spiro atoms. The predicted molar refractivity (Wildman–Crippen MR) is 76.8 cm³/mol. The highest BCUT2D eigenvalue weighted by molar-refractivity contribution is 5.62. The van der Waals surface area contributed by atoms with Gasteiger partial charge in [0.2, 0.25) is 0 Å². The van der Waals surface area contributed by atoms with Gasteiger partial charge in [0.15, 0.2) is 0 Å². The number of nitrogens with two attached hydrogens (primary N) is 1. The number of nitrogens with zero attached hydrogens (tertiary/aromatic N) is 2. The van der Waals surface area contributed by atoms with E-state index in [9.17, 15) is 0 Å². The number of ether oxygens (including phenoxy) is 1. The topological polar surface area (TPSA) is 73.1 Å². The van der Waals surface area contributed by atoms with E-state index in [0.29, 0.717) is 6.54 Å². The van der Waals surface area contributed by atoms with Crippen LogP contribution >= 0.6 is 0 Å². The van der Waals surface area contributed by atoms with Gasteiger partial charge in [0.1, 0.15) is 18.2 Å². The van der Waals surface area contributed by atoms with Gasteiger partial charge in [-0.05, 0) is 24.1 Å². The second-order valence-corrected chi connectivity index (χ2v) is 5.23. The predicted octanol–water partition coefficient (Wildman–Crippen LogP) is 1.26. The summed E-state index contributed by atoms with van der Waals surface area (Å²) in [4.78, 5) is 8.12. The van der Waals surface area contributed by atoms with Crippen molar-refractivity contribution in [3.8, 4) is 11.1 Å². The second kappa shape index (κ2) is 5.28. The van der Waals surface area contributed by atoms with Gasteiger partial charge in [-0.2, -0.15) is 0 Å². The van der Waals surface area contributed by atoms with E-state index in [1.54, 1.807) is 12.4 Å². The molecular weight excluding hydrogens is 252 g/mol. The third-order valence-corrected chi connectivity index (χ3v) is 3.59. The molecule has 1 aliphatic heterocycles. The van der Waals surface area contributed by atoms with Crippen molar-refractivity contribution in [3.05, 3.63) is 48.5 Å². The highest BCUT2D eigenvalue weighted by Gasteiger charge is 2.33. The van der Waals surface area contributed by atoms with Crippen LogP contribution in [0.4, 0.5) is 0 Å². The van der Waals surface area contributed by atoms with Crippen molar-refractivity contribution >= 4 is 0 Å². The average molecular weight is 270 g/mol. The first kappa shape index (κ1) is 13.2. The van der Waals surface area contributed by atoms with Gasteiger partial charge in [0.25, 0.3) is 0 Å². The molecule has 5 nitrogen and oxygen atoms in total. The smallest absolute Gasteiger partial charge is 0.119 e. The average Bonchev–Trinajstić information content (AvgIpc) is 2.48. The van der Waals surface area contributed by atoms with Crippen molar-refractivity contribution in [2.45, 2.75) is 18.8 Å². The van der Waals surface area contributed by atoms with E-state index in [1.807, 2.05) is 12.1 Å². The molecule has 1 fully saturated rings. The van der Waals surface area contributed by atoms with E-state index in [4.69, 9.17) is 10.5 Å². The Kier molecular flexibility index (Phi) is 3.48. The minimum atomic E-state index is -0.413. The van der Waals surface area contributed by atoms with Gasteiger partial charge in [0, 0.05) is 31.0 Å². The molecule has 5 heteroatoms. The summed E-state index contributed by atoms with van der Waals surface area (Å²) < 4.78 is 5.93. The van der Waals surface area contributed by atoms with E-state index >= 15 is 0 Å². The van der Waals surface area contributed by atoms with Crippen molar-refractivity contribution in [1.82, 2.24) is 15.3 Å². The summed E-state index contributed by atoms with van der Waals surface area (Å²) in [6, 6.07) is 8.24. The zero-order chi connectivity index (χ0) is 14.0. The first-order valence-corrected chi connectivity index (χ1v) is 6.67. The molecule has 1 saturated heterocycles. The Hall–Kier alpha value is -1.82. The molecule has 0 bridgehead atoms. The molecule has 3 N–H and O–H groups in total. The van der Waals surface area contributed by atoms with Crippen molar-refractivity contribution in [3.63, 3.8) is 0 Å². The Bertz CT molecular complexity index is 589. The second-order valence-electron chi connectivity index (χ2n) is 5.23. The molecule has 0 radical (unpaired) electrons. The number of nitrogens with one attached hydrogen (secondary N) is 1. The van der Waals surface area contributed by atoms with Gasteiger partial charge in [-0.25, -0.2) is 9.97 Å². The van der Waals surface area contributed by atoms with E-state index in [2.05, 4.69) is 34.3 Å². The van der Waals surface area contributed by atoms with Gasteiger partial charge >= 0.3 is 0 Å². The zero-order valence-corrected chi connectivity index (χ0v) is 11.4. The third-order valence-electron chi connectivity index (χ3n) is 3.59. The van der Waals surface area contributed by atoms with Crippen LogP contribution in [0.3, 0.4) is 0 Å². The van der Waals surface area contributed by atoms with Crippen molar-refractivity contribution < 1.29 is 4.74 Å². The monoisotopic (exact) mass is 270 g/mol. The quantitative estimate of drug-likeness (QED) is 0.859. The van der Waals surface area contributed by atoms with E-state index < -0.39 is 5.60 Å². The maximum absolute atomic E-state index is 5.93. The number of rotatable bonds is 2. The van der Waals surface area contributed by atoms with Crippen LogP contribution in [-0.4, -0.2) is 29.3 Å². The molecule has 0 aliphatic carbocycles. The van der Waals surface area contributed by atoms with Gasteiger partial charge in [0.05, 0.1) is 0 Å². The van der Waals surface area contributed by atoms with Gasteiger partial charge < -0.3 is 15.8 Å². The lowest BCUT2D eigenvalue weighted by molar-refractivity contribution is -0.107. The lowest BCUT2D eigenvalue weighted by Crippen LogP contribution is -2.53. The maximum Gasteiger partial charge on any atom is 0.119 e. The number of aromatic nitrogens is 2. The fraction of sp³-hybridized carbons (Fsp3) is 0.333. The van der Waals surface area contributed by atoms with Crippen LogP contribution < -0.4 is 11.1 Å². The fourth-order valence-corrected chi connectivity index (χ4v) is 2.52. The number of morpholine rings is 1. The summed E-state index contributed by atoms with van der Waals surface area (Å²) in [5, 5.41) is 3.31. The van der Waals surface area contributed by atoms with Crippen molar-refractivity contribution in [2.75, 3.05) is 13.1 Å². The molecular formula is C15H18N4O. The molecule has 1 aliphatic rings. The lowest BCUT2D eigenvalue weighted by Gasteiger charge is -2.38. The minimum absolute atomic E-state index is 0.280. The van der Waals surface area contributed by atoms with Crippen molar-refractivity contribution in [1.29, 1.82) is 0 Å². The SMILES string of the molecule is CC1(c2cccc(-c3cncnc3)c2)CNCC(N)O1. The summed E-state index contributed by atoms with van der Waals surface area (Å²) in [6.07, 6.45) is 4.86. The van der Waals surface area contributed by atoms with Crippen LogP contribution in [-0.2, 0) is 10.3 Å². The Morgan fingerprint density at radius 2 is 2.10 bits per heavy atom. The molecule has 2 atom stereocenters. The first-order valence-electron chi connectivity index (χ1n) is 6.67. The van der Waals surface area contributed by atoms with Gasteiger partial charge in [-0.1, -0.05) is 18.2 Å². The van der Waals surface area contributed by atoms with Gasteiger partial charge in [-0.15, -0.1) is 0 Å². The molecule has 1 aromatic carbocycles. The van der Waals surface area contributed by atoms with E-state index in [0.717, 1.165) is 23.2 Å². The third kappa shape index (κ3) is 2.56. The van der Waals surface area contributed by atoms with Gasteiger partial charge in [-0.3, -0.25) is 0 Å². The highest BCUT2D eigenvalue weighted by atomic mass is 16.5. The highest BCUT2D eigenvalue weighted by Crippen LogP contribution is 2.30. The van der Waals surface area contributed by atoms with Crippen LogP contribution in [0.2, 0.25) is 0 Å². The standard InChI is InChI=1S/C15H18N4O/c1-15(9-17-8-14(16)20-15)13-4-2-3-11(5-13)12-6-18-10-19-7-12/h2-7,10,14,17H,8-9,16H2,1H3. The van der Waals surface area contributed by atoms with Crippen LogP contribution in [0, 0.1) is 0 Å². The molecule has 2 aromatic rings. The summed E-state index contributed by atoms with van der Waals surface area (Å²) in [6.45, 7) is 3.48. The Labute approximate surface area is 118 Å². The summed E-state index contributed by atoms with van der Waals surface area (Å²) in [7, 11) is 0. The normalized spacial score (nSPS) is 26.4. The van der Waals surface area contributed by atoms with Crippen LogP contribution in [0.5, 0.6) is 0 Å². The summed E-state index contributed by atoms with van der Waals surface area (Å²) in [5.41, 5.74) is 8.65. The van der Waals surface area contributed by atoms with Crippen molar-refractivity contribution in [2.24, 2.45) is 5.73 Å². The molecule has 1 aromatic heterocycles. The molecule has 2 heterocycles. The molecule has 20 heavy (non-hydrogen) atoms. The Morgan fingerprint density at radius 3 is 2.85 bits per heavy atom. The fourth-order valence-electron chi connectivity index (χ4n) is 2.52. The molecule has 0 saturated carbocycles. The Balaban J connectivity index is 1.95. The van der Waals surface area contributed by atoms with Crippen LogP contribution in [0.25, 0.3) is 11.1 Å². The molecule has 2 unspecified atom stereocenters. The molecule has 0 amide bonds.